The van der Waals surface area contributed by atoms with Crippen LogP contribution in [0.15, 0.2) is 30.6 Å². The predicted octanol–water partition coefficient (Wildman–Crippen LogP) is 1.89. The number of fused-ring (bicyclic) bond motifs is 1. The number of nitrogens with zero attached hydrogens (tertiary/aromatic N) is 4. The van der Waals surface area contributed by atoms with Gasteiger partial charge in [-0.1, -0.05) is 6.07 Å². The fourth-order valence-electron chi connectivity index (χ4n) is 3.07. The number of imidazole rings is 2. The van der Waals surface area contributed by atoms with Crippen LogP contribution in [0.5, 0.6) is 0 Å². The molecule has 1 N–H and O–H groups in total. The van der Waals surface area contributed by atoms with Gasteiger partial charge in [-0.2, -0.15) is 0 Å². The Hall–Kier alpha value is -2.67. The molecule has 7 heteroatoms. The number of morpholine rings is 1. The average molecular weight is 325 g/mol. The Bertz CT molecular complexity index is 897. The Morgan fingerprint density at radius 2 is 2.25 bits per heavy atom. The fourth-order valence-corrected chi connectivity index (χ4v) is 3.07. The number of aryl methyl sites for hydroxylation is 2. The summed E-state index contributed by atoms with van der Waals surface area (Å²) in [5.41, 5.74) is 3.22. The summed E-state index contributed by atoms with van der Waals surface area (Å²) in [6, 6.07) is 5.61. The average Bonchev–Trinajstić information content (AvgIpc) is 3.21. The Morgan fingerprint density at radius 1 is 1.38 bits per heavy atom. The van der Waals surface area contributed by atoms with Crippen LogP contribution < -0.4 is 0 Å². The molecule has 1 atom stereocenters. The molecule has 1 amide bonds. The minimum absolute atomic E-state index is 0.0968. The maximum Gasteiger partial charge on any atom is 0.274 e. The number of nitrogens with one attached hydrogen (secondary N) is 1. The van der Waals surface area contributed by atoms with E-state index in [9.17, 15) is 4.79 Å². The molecule has 1 saturated heterocycles. The molecule has 0 spiro atoms. The number of carbonyl (C=O) groups is 1. The maximum atomic E-state index is 13.0. The number of H-pyrrole nitrogens is 1. The number of amides is 1. The zero-order chi connectivity index (χ0) is 16.7. The smallest absolute Gasteiger partial charge is 0.274 e. The summed E-state index contributed by atoms with van der Waals surface area (Å²) in [7, 11) is 0. The lowest BCUT2D eigenvalue weighted by Crippen LogP contribution is -2.44. The zero-order valence-corrected chi connectivity index (χ0v) is 13.7. The molecule has 1 aliphatic heterocycles. The standard InChI is InChI=1S/C17H19N5O2/c1-11-8-18-16(19-11)14-10-24-7-6-21(14)17(23)13-9-22-12(2)4-3-5-15(22)20-13/h3-5,8-9,14H,6-7,10H2,1-2H3,(H,18,19)/t14-/m1/s1. The molecule has 0 unspecified atom stereocenters. The second-order valence-electron chi connectivity index (χ2n) is 6.06. The Morgan fingerprint density at radius 3 is 3.00 bits per heavy atom. The van der Waals surface area contributed by atoms with Crippen molar-refractivity contribution < 1.29 is 9.53 Å². The van der Waals surface area contributed by atoms with Crippen LogP contribution in [-0.2, 0) is 4.74 Å². The molecular formula is C17H19N5O2. The molecule has 1 fully saturated rings. The second kappa shape index (κ2) is 5.76. The first-order valence-electron chi connectivity index (χ1n) is 7.98. The van der Waals surface area contributed by atoms with E-state index in [0.29, 0.717) is 25.5 Å². The van der Waals surface area contributed by atoms with Crippen molar-refractivity contribution in [3.63, 3.8) is 0 Å². The lowest BCUT2D eigenvalue weighted by molar-refractivity contribution is -0.00528. The highest BCUT2D eigenvalue weighted by molar-refractivity contribution is 5.93. The van der Waals surface area contributed by atoms with Gasteiger partial charge in [-0.15, -0.1) is 0 Å². The van der Waals surface area contributed by atoms with Crippen molar-refractivity contribution in [3.8, 4) is 0 Å². The van der Waals surface area contributed by atoms with Crippen molar-refractivity contribution in [2.75, 3.05) is 19.8 Å². The largest absolute Gasteiger partial charge is 0.377 e. The van der Waals surface area contributed by atoms with Crippen LogP contribution >= 0.6 is 0 Å². The van der Waals surface area contributed by atoms with E-state index < -0.39 is 0 Å². The summed E-state index contributed by atoms with van der Waals surface area (Å²) in [5.74, 6) is 0.654. The van der Waals surface area contributed by atoms with Crippen molar-refractivity contribution in [1.29, 1.82) is 0 Å². The van der Waals surface area contributed by atoms with Crippen molar-refractivity contribution in [1.82, 2.24) is 24.3 Å². The minimum Gasteiger partial charge on any atom is -0.377 e. The van der Waals surface area contributed by atoms with Crippen LogP contribution in [0, 0.1) is 13.8 Å². The number of ether oxygens (including phenoxy) is 1. The monoisotopic (exact) mass is 325 g/mol. The van der Waals surface area contributed by atoms with E-state index in [0.717, 1.165) is 22.9 Å². The summed E-state index contributed by atoms with van der Waals surface area (Å²) < 4.78 is 7.49. The third-order valence-electron chi connectivity index (χ3n) is 4.34. The van der Waals surface area contributed by atoms with Gasteiger partial charge >= 0.3 is 0 Å². The van der Waals surface area contributed by atoms with Gasteiger partial charge in [0.1, 0.15) is 23.2 Å². The van der Waals surface area contributed by atoms with Crippen molar-refractivity contribution in [2.24, 2.45) is 0 Å². The first-order chi connectivity index (χ1) is 11.6. The van der Waals surface area contributed by atoms with E-state index in [1.807, 2.05) is 36.4 Å². The van der Waals surface area contributed by atoms with Gasteiger partial charge in [0, 0.05) is 30.3 Å². The van der Waals surface area contributed by atoms with Gasteiger partial charge in [0.15, 0.2) is 0 Å². The first kappa shape index (κ1) is 14.9. The normalized spacial score (nSPS) is 18.2. The molecule has 3 aromatic heterocycles. The van der Waals surface area contributed by atoms with Gasteiger partial charge < -0.3 is 19.0 Å². The molecule has 3 aromatic rings. The number of rotatable bonds is 2. The molecule has 24 heavy (non-hydrogen) atoms. The molecule has 1 aliphatic rings. The highest BCUT2D eigenvalue weighted by Gasteiger charge is 2.32. The summed E-state index contributed by atoms with van der Waals surface area (Å²) in [6.45, 7) is 5.42. The van der Waals surface area contributed by atoms with Crippen LogP contribution in [0.3, 0.4) is 0 Å². The molecule has 4 rings (SSSR count). The van der Waals surface area contributed by atoms with Crippen LogP contribution in [-0.4, -0.2) is 49.9 Å². The van der Waals surface area contributed by atoms with Crippen molar-refractivity contribution in [3.05, 3.63) is 53.5 Å². The second-order valence-corrected chi connectivity index (χ2v) is 6.06. The van der Waals surface area contributed by atoms with E-state index in [1.165, 1.54) is 0 Å². The summed E-state index contributed by atoms with van der Waals surface area (Å²) >= 11 is 0. The number of carbonyl (C=O) groups excluding carboxylic acids is 1. The quantitative estimate of drug-likeness (QED) is 0.781. The Kier molecular flexibility index (Phi) is 3.57. The molecular weight excluding hydrogens is 306 g/mol. The number of aromatic amines is 1. The third kappa shape index (κ3) is 2.46. The fraction of sp³-hybridized carbons (Fsp3) is 0.353. The molecule has 0 aliphatic carbocycles. The predicted molar refractivity (Wildman–Crippen MR) is 87.9 cm³/mol. The summed E-state index contributed by atoms with van der Waals surface area (Å²) in [5, 5.41) is 0. The molecule has 124 valence electrons. The lowest BCUT2D eigenvalue weighted by atomic mass is 10.2. The van der Waals surface area contributed by atoms with Gasteiger partial charge in [0.2, 0.25) is 0 Å². The molecule has 0 radical (unpaired) electrons. The van der Waals surface area contributed by atoms with Gasteiger partial charge in [-0.05, 0) is 26.0 Å². The van der Waals surface area contributed by atoms with Crippen LogP contribution in [0.4, 0.5) is 0 Å². The summed E-state index contributed by atoms with van der Waals surface area (Å²) in [4.78, 5) is 26.9. The van der Waals surface area contributed by atoms with Gasteiger partial charge in [0.05, 0.1) is 13.2 Å². The van der Waals surface area contributed by atoms with Crippen molar-refractivity contribution >= 4 is 11.6 Å². The van der Waals surface area contributed by atoms with Crippen molar-refractivity contribution in [2.45, 2.75) is 19.9 Å². The highest BCUT2D eigenvalue weighted by Crippen LogP contribution is 2.24. The summed E-state index contributed by atoms with van der Waals surface area (Å²) in [6.07, 6.45) is 3.56. The van der Waals surface area contributed by atoms with Gasteiger partial charge in [-0.25, -0.2) is 9.97 Å². The SMILES string of the molecule is Cc1cnc([C@H]2COCCN2C(=O)c2cn3c(C)cccc3n2)[nH]1. The molecule has 4 heterocycles. The van der Waals surface area contributed by atoms with Crippen LogP contribution in [0.1, 0.15) is 33.7 Å². The van der Waals surface area contributed by atoms with E-state index in [4.69, 9.17) is 4.74 Å². The van der Waals surface area contributed by atoms with Gasteiger partial charge in [-0.3, -0.25) is 4.79 Å². The third-order valence-corrected chi connectivity index (χ3v) is 4.34. The van der Waals surface area contributed by atoms with E-state index in [1.54, 1.807) is 17.3 Å². The molecule has 0 saturated carbocycles. The number of hydrogen-bond acceptors (Lipinski definition) is 4. The maximum absolute atomic E-state index is 13.0. The number of aromatic nitrogens is 4. The lowest BCUT2D eigenvalue weighted by Gasteiger charge is -2.33. The zero-order valence-electron chi connectivity index (χ0n) is 13.7. The Labute approximate surface area is 139 Å². The van der Waals surface area contributed by atoms with E-state index in [2.05, 4.69) is 15.0 Å². The Balaban J connectivity index is 1.69. The molecule has 7 nitrogen and oxygen atoms in total. The number of hydrogen-bond donors (Lipinski definition) is 1. The van der Waals surface area contributed by atoms with E-state index >= 15 is 0 Å². The van der Waals surface area contributed by atoms with E-state index in [-0.39, 0.29) is 11.9 Å². The van der Waals surface area contributed by atoms with Crippen LogP contribution in [0.25, 0.3) is 5.65 Å². The number of pyridine rings is 1. The van der Waals surface area contributed by atoms with Crippen LogP contribution in [0.2, 0.25) is 0 Å². The highest BCUT2D eigenvalue weighted by atomic mass is 16.5. The topological polar surface area (TPSA) is 75.5 Å². The first-order valence-corrected chi connectivity index (χ1v) is 7.98. The molecule has 0 aromatic carbocycles. The molecule has 0 bridgehead atoms. The minimum atomic E-state index is -0.217. The van der Waals surface area contributed by atoms with Gasteiger partial charge in [0.25, 0.3) is 5.91 Å².